The van der Waals surface area contributed by atoms with Gasteiger partial charge in [0.05, 0.1) is 0 Å². The Labute approximate surface area is 63.5 Å². The first-order valence-electron chi connectivity index (χ1n) is 4.02. The second-order valence-electron chi connectivity index (χ2n) is 2.68. The van der Waals surface area contributed by atoms with Gasteiger partial charge >= 0.3 is 0 Å². The lowest BCUT2D eigenvalue weighted by atomic mass is 9.99. The molecule has 0 aliphatic heterocycles. The highest BCUT2D eigenvalue weighted by Crippen LogP contribution is 2.07. The van der Waals surface area contributed by atoms with Gasteiger partial charge in [0, 0.05) is 5.71 Å². The second-order valence-corrected chi connectivity index (χ2v) is 2.68. The van der Waals surface area contributed by atoms with E-state index in [1.165, 1.54) is 0 Å². The molecule has 0 saturated heterocycles. The molecule has 0 radical (unpaired) electrons. The van der Waals surface area contributed by atoms with Crippen molar-refractivity contribution >= 4 is 5.71 Å². The summed E-state index contributed by atoms with van der Waals surface area (Å²) in [7, 11) is 0. The van der Waals surface area contributed by atoms with E-state index in [0.717, 1.165) is 25.0 Å². The third kappa shape index (κ3) is 2.85. The monoisotopic (exact) mass is 142 g/mol. The number of nitrogens with two attached hydrogens (primary N) is 1. The molecule has 0 aliphatic rings. The van der Waals surface area contributed by atoms with Gasteiger partial charge in [0.25, 0.3) is 0 Å². The highest BCUT2D eigenvalue weighted by Gasteiger charge is 2.05. The average molecular weight is 142 g/mol. The van der Waals surface area contributed by atoms with E-state index in [4.69, 9.17) is 5.84 Å². The van der Waals surface area contributed by atoms with Crippen molar-refractivity contribution in [1.82, 2.24) is 0 Å². The highest BCUT2D eigenvalue weighted by atomic mass is 15.1. The molecule has 0 bridgehead atoms. The summed E-state index contributed by atoms with van der Waals surface area (Å²) < 4.78 is 0. The zero-order chi connectivity index (χ0) is 7.98. The SMILES string of the molecule is CCC/C(=N\N)C(C)CC. The zero-order valence-electron chi connectivity index (χ0n) is 7.22. The van der Waals surface area contributed by atoms with E-state index >= 15 is 0 Å². The van der Waals surface area contributed by atoms with Crippen LogP contribution in [0.5, 0.6) is 0 Å². The Morgan fingerprint density at radius 2 is 2.10 bits per heavy atom. The second kappa shape index (κ2) is 5.27. The van der Waals surface area contributed by atoms with Crippen molar-refractivity contribution in [2.45, 2.75) is 40.0 Å². The Morgan fingerprint density at radius 3 is 2.40 bits per heavy atom. The number of hydrogen-bond acceptors (Lipinski definition) is 2. The molecule has 0 aromatic rings. The van der Waals surface area contributed by atoms with Crippen LogP contribution in [-0.4, -0.2) is 5.71 Å². The molecule has 0 rings (SSSR count). The van der Waals surface area contributed by atoms with Crippen molar-refractivity contribution in [1.29, 1.82) is 0 Å². The van der Waals surface area contributed by atoms with E-state index in [-0.39, 0.29) is 0 Å². The molecule has 0 amide bonds. The molecule has 2 nitrogen and oxygen atoms in total. The number of rotatable bonds is 4. The number of nitrogens with zero attached hydrogens (tertiary/aromatic N) is 1. The van der Waals surface area contributed by atoms with E-state index < -0.39 is 0 Å². The van der Waals surface area contributed by atoms with Crippen molar-refractivity contribution < 1.29 is 0 Å². The third-order valence-electron chi connectivity index (χ3n) is 1.85. The fourth-order valence-electron chi connectivity index (χ4n) is 0.930. The Kier molecular flexibility index (Phi) is 4.99. The molecule has 0 saturated carbocycles. The minimum Gasteiger partial charge on any atom is -0.323 e. The lowest BCUT2D eigenvalue weighted by Gasteiger charge is -2.09. The molecule has 0 spiro atoms. The van der Waals surface area contributed by atoms with Gasteiger partial charge in [-0.2, -0.15) is 5.10 Å². The van der Waals surface area contributed by atoms with Gasteiger partial charge in [-0.1, -0.05) is 27.2 Å². The normalized spacial score (nSPS) is 15.3. The minimum atomic E-state index is 0.560. The van der Waals surface area contributed by atoms with E-state index in [0.29, 0.717) is 5.92 Å². The fourth-order valence-corrected chi connectivity index (χ4v) is 0.930. The Balaban J connectivity index is 3.82. The summed E-state index contributed by atoms with van der Waals surface area (Å²) in [4.78, 5) is 0. The summed E-state index contributed by atoms with van der Waals surface area (Å²) in [6, 6.07) is 0. The Morgan fingerprint density at radius 1 is 1.50 bits per heavy atom. The predicted molar refractivity (Wildman–Crippen MR) is 46.0 cm³/mol. The van der Waals surface area contributed by atoms with Gasteiger partial charge in [0.2, 0.25) is 0 Å². The minimum absolute atomic E-state index is 0.560. The Bertz CT molecular complexity index is 108. The summed E-state index contributed by atoms with van der Waals surface area (Å²) in [5.74, 6) is 5.78. The molecule has 0 fully saturated rings. The van der Waals surface area contributed by atoms with Gasteiger partial charge in [-0.05, 0) is 18.8 Å². The van der Waals surface area contributed by atoms with Gasteiger partial charge in [0.1, 0.15) is 0 Å². The van der Waals surface area contributed by atoms with Crippen LogP contribution in [0.25, 0.3) is 0 Å². The van der Waals surface area contributed by atoms with Crippen LogP contribution in [-0.2, 0) is 0 Å². The molecule has 1 atom stereocenters. The third-order valence-corrected chi connectivity index (χ3v) is 1.85. The van der Waals surface area contributed by atoms with Gasteiger partial charge < -0.3 is 5.84 Å². The van der Waals surface area contributed by atoms with Crippen LogP contribution in [0.2, 0.25) is 0 Å². The molecule has 2 heteroatoms. The molecular weight excluding hydrogens is 124 g/mol. The van der Waals surface area contributed by atoms with Crippen LogP contribution in [0.1, 0.15) is 40.0 Å². The molecule has 1 unspecified atom stereocenters. The average Bonchev–Trinajstić information content (AvgIpc) is 1.99. The number of hydrogen-bond donors (Lipinski definition) is 1. The zero-order valence-corrected chi connectivity index (χ0v) is 7.22. The van der Waals surface area contributed by atoms with E-state index in [9.17, 15) is 0 Å². The van der Waals surface area contributed by atoms with Crippen LogP contribution in [0, 0.1) is 5.92 Å². The maximum absolute atomic E-state index is 5.22. The smallest absolute Gasteiger partial charge is 0.0403 e. The van der Waals surface area contributed by atoms with Gasteiger partial charge in [-0.3, -0.25) is 0 Å². The Hall–Kier alpha value is -0.530. The first-order chi connectivity index (χ1) is 4.76. The van der Waals surface area contributed by atoms with Crippen LogP contribution in [0.3, 0.4) is 0 Å². The molecule has 0 aromatic carbocycles. The van der Waals surface area contributed by atoms with Crippen molar-refractivity contribution in [2.24, 2.45) is 16.9 Å². The largest absolute Gasteiger partial charge is 0.323 e. The number of hydrazone groups is 1. The van der Waals surface area contributed by atoms with Crippen LogP contribution in [0.4, 0.5) is 0 Å². The topological polar surface area (TPSA) is 38.4 Å². The summed E-state index contributed by atoms with van der Waals surface area (Å²) in [6.07, 6.45) is 3.32. The molecule has 0 heterocycles. The summed E-state index contributed by atoms with van der Waals surface area (Å²) in [5.41, 5.74) is 1.16. The van der Waals surface area contributed by atoms with Crippen molar-refractivity contribution in [2.75, 3.05) is 0 Å². The first-order valence-corrected chi connectivity index (χ1v) is 4.02. The van der Waals surface area contributed by atoms with E-state index in [2.05, 4.69) is 25.9 Å². The first kappa shape index (κ1) is 9.47. The van der Waals surface area contributed by atoms with E-state index in [1.54, 1.807) is 0 Å². The molecule has 60 valence electrons. The maximum Gasteiger partial charge on any atom is 0.0403 e. The van der Waals surface area contributed by atoms with Crippen LogP contribution >= 0.6 is 0 Å². The van der Waals surface area contributed by atoms with Crippen molar-refractivity contribution in [3.05, 3.63) is 0 Å². The van der Waals surface area contributed by atoms with Crippen LogP contribution in [0.15, 0.2) is 5.10 Å². The molecule has 0 aromatic heterocycles. The van der Waals surface area contributed by atoms with E-state index in [1.807, 2.05) is 0 Å². The molecule has 2 N–H and O–H groups in total. The molecular formula is C8H18N2. The lowest BCUT2D eigenvalue weighted by molar-refractivity contribution is 0.711. The summed E-state index contributed by atoms with van der Waals surface area (Å²) in [5, 5.41) is 3.77. The van der Waals surface area contributed by atoms with Gasteiger partial charge in [-0.25, -0.2) is 0 Å². The van der Waals surface area contributed by atoms with Gasteiger partial charge in [-0.15, -0.1) is 0 Å². The summed E-state index contributed by atoms with van der Waals surface area (Å²) in [6.45, 7) is 6.47. The lowest BCUT2D eigenvalue weighted by Crippen LogP contribution is -2.11. The fraction of sp³-hybridized carbons (Fsp3) is 0.875. The molecule has 10 heavy (non-hydrogen) atoms. The maximum atomic E-state index is 5.22. The standard InChI is InChI=1S/C8H18N2/c1-4-6-8(10-9)7(3)5-2/h7H,4-6,9H2,1-3H3/b10-8+. The van der Waals surface area contributed by atoms with Crippen molar-refractivity contribution in [3.8, 4) is 0 Å². The van der Waals surface area contributed by atoms with Gasteiger partial charge in [0.15, 0.2) is 0 Å². The predicted octanol–water partition coefficient (Wildman–Crippen LogP) is 2.15. The summed E-state index contributed by atoms with van der Waals surface area (Å²) >= 11 is 0. The van der Waals surface area contributed by atoms with Crippen molar-refractivity contribution in [3.63, 3.8) is 0 Å². The highest BCUT2D eigenvalue weighted by molar-refractivity contribution is 5.86. The van der Waals surface area contributed by atoms with Crippen LogP contribution < -0.4 is 5.84 Å². The quantitative estimate of drug-likeness (QED) is 0.364. The molecule has 0 aliphatic carbocycles.